The third-order valence-electron chi connectivity index (χ3n) is 5.08. The third-order valence-corrected chi connectivity index (χ3v) is 6.59. The van der Waals surface area contributed by atoms with Crippen LogP contribution in [0.3, 0.4) is 0 Å². The topological polar surface area (TPSA) is 57.7 Å². The number of amides is 1. The van der Waals surface area contributed by atoms with Gasteiger partial charge in [-0.3, -0.25) is 4.79 Å². The number of fused-ring (bicyclic) bond motifs is 1. The van der Waals surface area contributed by atoms with Gasteiger partial charge in [0.15, 0.2) is 0 Å². The van der Waals surface area contributed by atoms with Crippen LogP contribution in [0.4, 0.5) is 5.69 Å². The first-order chi connectivity index (χ1) is 14.0. The van der Waals surface area contributed by atoms with Crippen molar-refractivity contribution in [3.8, 4) is 0 Å². The van der Waals surface area contributed by atoms with Crippen molar-refractivity contribution in [2.75, 3.05) is 24.5 Å². The summed E-state index contributed by atoms with van der Waals surface area (Å²) in [6.45, 7) is 2.82. The molecule has 1 amide bonds. The zero-order chi connectivity index (χ0) is 20.7. The van der Waals surface area contributed by atoms with Gasteiger partial charge < -0.3 is 4.90 Å². The van der Waals surface area contributed by atoms with Crippen LogP contribution in [-0.4, -0.2) is 38.3 Å². The first-order valence-corrected chi connectivity index (χ1v) is 11.6. The van der Waals surface area contributed by atoms with Crippen LogP contribution in [0.15, 0.2) is 60.0 Å². The molecule has 5 nitrogen and oxygen atoms in total. The summed E-state index contributed by atoms with van der Waals surface area (Å²) in [4.78, 5) is 14.8. The molecule has 3 rings (SSSR count). The zero-order valence-electron chi connectivity index (χ0n) is 16.8. The maximum absolute atomic E-state index is 13.1. The maximum Gasteiger partial charge on any atom is 0.242 e. The minimum absolute atomic E-state index is 0.143. The van der Waals surface area contributed by atoms with Crippen LogP contribution in [-0.2, 0) is 21.2 Å². The van der Waals surface area contributed by atoms with E-state index in [0.717, 1.165) is 36.1 Å². The first-order valence-electron chi connectivity index (χ1n) is 10.1. The third kappa shape index (κ3) is 5.55. The Hall–Kier alpha value is -2.44. The number of aryl methyl sites for hydroxylation is 1. The molecule has 154 valence electrons. The van der Waals surface area contributed by atoms with Crippen molar-refractivity contribution >= 4 is 27.7 Å². The molecule has 0 aromatic heterocycles. The number of sulfonamides is 1. The van der Waals surface area contributed by atoms with E-state index in [9.17, 15) is 13.2 Å². The van der Waals surface area contributed by atoms with E-state index in [4.69, 9.17) is 0 Å². The Morgan fingerprint density at radius 3 is 2.59 bits per heavy atom. The fourth-order valence-electron chi connectivity index (χ4n) is 3.47. The molecule has 1 aliphatic rings. The van der Waals surface area contributed by atoms with Gasteiger partial charge in [-0.15, -0.1) is 0 Å². The number of unbranched alkanes of at least 4 members (excludes halogenated alkanes) is 1. The summed E-state index contributed by atoms with van der Waals surface area (Å²) in [5, 5.41) is 1.20. The van der Waals surface area contributed by atoms with Crippen molar-refractivity contribution in [3.63, 3.8) is 0 Å². The highest BCUT2D eigenvalue weighted by Crippen LogP contribution is 2.27. The van der Waals surface area contributed by atoms with E-state index in [0.29, 0.717) is 19.5 Å². The van der Waals surface area contributed by atoms with Gasteiger partial charge in [-0.2, -0.15) is 4.31 Å². The van der Waals surface area contributed by atoms with E-state index in [1.807, 2.05) is 61.5 Å². The molecule has 2 aromatic rings. The molecule has 0 unspecified atom stereocenters. The highest BCUT2D eigenvalue weighted by molar-refractivity contribution is 7.92. The number of anilines is 1. The lowest BCUT2D eigenvalue weighted by molar-refractivity contribution is -0.118. The fourth-order valence-corrected chi connectivity index (χ4v) is 4.65. The summed E-state index contributed by atoms with van der Waals surface area (Å²) in [5.41, 5.74) is 2.85. The van der Waals surface area contributed by atoms with Gasteiger partial charge in [0, 0.05) is 24.2 Å². The van der Waals surface area contributed by atoms with Gasteiger partial charge in [-0.1, -0.05) is 61.9 Å². The zero-order valence-corrected chi connectivity index (χ0v) is 17.6. The van der Waals surface area contributed by atoms with Crippen molar-refractivity contribution in [2.24, 2.45) is 0 Å². The van der Waals surface area contributed by atoms with Crippen LogP contribution < -0.4 is 4.90 Å². The van der Waals surface area contributed by atoms with Crippen LogP contribution in [0.1, 0.15) is 37.3 Å². The van der Waals surface area contributed by atoms with E-state index < -0.39 is 10.0 Å². The predicted molar refractivity (Wildman–Crippen MR) is 118 cm³/mol. The molecule has 0 saturated carbocycles. The molecule has 0 N–H and O–H groups in total. The van der Waals surface area contributed by atoms with Crippen molar-refractivity contribution in [2.45, 2.75) is 32.6 Å². The van der Waals surface area contributed by atoms with E-state index in [1.165, 1.54) is 9.71 Å². The van der Waals surface area contributed by atoms with E-state index in [1.54, 1.807) is 11.0 Å². The van der Waals surface area contributed by atoms with Crippen molar-refractivity contribution in [1.82, 2.24) is 4.31 Å². The molecule has 0 aliphatic carbocycles. The van der Waals surface area contributed by atoms with E-state index in [-0.39, 0.29) is 12.5 Å². The lowest BCUT2D eigenvalue weighted by Gasteiger charge is -2.31. The number of hydrogen-bond acceptors (Lipinski definition) is 3. The number of benzene rings is 2. The van der Waals surface area contributed by atoms with E-state index in [2.05, 4.69) is 0 Å². The van der Waals surface area contributed by atoms with Gasteiger partial charge in [0.25, 0.3) is 0 Å². The Balaban J connectivity index is 1.78. The highest BCUT2D eigenvalue weighted by Gasteiger charge is 2.27. The highest BCUT2D eigenvalue weighted by atomic mass is 32.2. The quantitative estimate of drug-likeness (QED) is 0.657. The SMILES string of the molecule is CCCCN(CC(=O)N1CCCc2ccccc21)S(=O)(=O)C=Cc1ccccc1. The molecule has 1 heterocycles. The second-order valence-electron chi connectivity index (χ2n) is 7.22. The lowest BCUT2D eigenvalue weighted by Crippen LogP contribution is -2.44. The Labute approximate surface area is 173 Å². The summed E-state index contributed by atoms with van der Waals surface area (Å²) in [7, 11) is -3.70. The smallest absolute Gasteiger partial charge is 0.242 e. The molecule has 2 aromatic carbocycles. The predicted octanol–water partition coefficient (Wildman–Crippen LogP) is 4.07. The van der Waals surface area contributed by atoms with E-state index >= 15 is 0 Å². The average Bonchev–Trinajstić information content (AvgIpc) is 2.75. The summed E-state index contributed by atoms with van der Waals surface area (Å²) in [6.07, 6.45) is 4.97. The Kier molecular flexibility index (Phi) is 7.23. The van der Waals surface area contributed by atoms with Crippen molar-refractivity contribution in [3.05, 3.63) is 71.1 Å². The van der Waals surface area contributed by atoms with Crippen molar-refractivity contribution < 1.29 is 13.2 Å². The average molecular weight is 413 g/mol. The van der Waals surface area contributed by atoms with Gasteiger partial charge >= 0.3 is 0 Å². The molecule has 0 radical (unpaired) electrons. The Morgan fingerprint density at radius 1 is 1.10 bits per heavy atom. The van der Waals surface area contributed by atoms with Crippen LogP contribution in [0.2, 0.25) is 0 Å². The molecular weight excluding hydrogens is 384 g/mol. The second kappa shape index (κ2) is 9.85. The summed E-state index contributed by atoms with van der Waals surface area (Å²) < 4.78 is 27.2. The minimum atomic E-state index is -3.70. The standard InChI is InChI=1S/C23H28N2O3S/c1-2-3-16-24(29(27,28)18-15-20-10-5-4-6-11-20)19-23(26)25-17-9-13-21-12-7-8-14-22(21)25/h4-8,10-12,14-15,18H,2-3,9,13,16-17,19H2,1H3. The number of hydrogen-bond donors (Lipinski definition) is 0. The first kappa shape index (κ1) is 21.3. The van der Waals surface area contributed by atoms with Crippen LogP contribution in [0, 0.1) is 0 Å². The Morgan fingerprint density at radius 2 is 1.83 bits per heavy atom. The fraction of sp³-hybridized carbons (Fsp3) is 0.348. The van der Waals surface area contributed by atoms with Crippen LogP contribution >= 0.6 is 0 Å². The molecule has 0 atom stereocenters. The second-order valence-corrected chi connectivity index (χ2v) is 9.04. The molecule has 29 heavy (non-hydrogen) atoms. The van der Waals surface area contributed by atoms with Gasteiger partial charge in [0.05, 0.1) is 6.54 Å². The summed E-state index contributed by atoms with van der Waals surface area (Å²) >= 11 is 0. The number of carbonyl (C=O) groups excluding carboxylic acids is 1. The van der Waals surface area contributed by atoms with Gasteiger partial charge in [0.2, 0.25) is 15.9 Å². The Bertz CT molecular complexity index is 955. The molecule has 0 fully saturated rings. The van der Waals surface area contributed by atoms with Crippen LogP contribution in [0.5, 0.6) is 0 Å². The van der Waals surface area contributed by atoms with Gasteiger partial charge in [-0.05, 0) is 42.5 Å². The molecule has 0 saturated heterocycles. The van der Waals surface area contributed by atoms with Crippen molar-refractivity contribution in [1.29, 1.82) is 0 Å². The molecule has 6 heteroatoms. The molecule has 1 aliphatic heterocycles. The number of nitrogens with zero attached hydrogens (tertiary/aromatic N) is 2. The van der Waals surface area contributed by atoms with Crippen LogP contribution in [0.25, 0.3) is 6.08 Å². The lowest BCUT2D eigenvalue weighted by atomic mass is 10.0. The molecule has 0 spiro atoms. The summed E-state index contributed by atoms with van der Waals surface area (Å²) in [5.74, 6) is -0.176. The summed E-state index contributed by atoms with van der Waals surface area (Å²) in [6, 6.07) is 17.1. The normalized spacial score (nSPS) is 14.3. The van der Waals surface area contributed by atoms with Gasteiger partial charge in [0.1, 0.15) is 0 Å². The molecule has 0 bridgehead atoms. The number of para-hydroxylation sites is 1. The maximum atomic E-state index is 13.1. The number of rotatable bonds is 8. The largest absolute Gasteiger partial charge is 0.311 e. The van der Waals surface area contributed by atoms with Gasteiger partial charge in [-0.25, -0.2) is 8.42 Å². The molecular formula is C23H28N2O3S. The number of carbonyl (C=O) groups is 1. The minimum Gasteiger partial charge on any atom is -0.311 e. The monoisotopic (exact) mass is 412 g/mol.